The lowest BCUT2D eigenvalue weighted by atomic mass is 9.90. The fourth-order valence-corrected chi connectivity index (χ4v) is 6.35. The molecule has 48 heavy (non-hydrogen) atoms. The van der Waals surface area contributed by atoms with Crippen molar-refractivity contribution in [2.45, 2.75) is 12.8 Å². The van der Waals surface area contributed by atoms with E-state index in [-0.39, 0.29) is 11.7 Å². The van der Waals surface area contributed by atoms with Gasteiger partial charge in [0.25, 0.3) is 0 Å². The quantitative estimate of drug-likeness (QED) is 0.193. The summed E-state index contributed by atoms with van der Waals surface area (Å²) in [7, 11) is 0. The third-order valence-corrected chi connectivity index (χ3v) is 9.00. The number of benzene rings is 6. The summed E-state index contributed by atoms with van der Waals surface area (Å²) in [5.74, 6) is 0.798. The normalized spacial score (nSPS) is 11.9. The van der Waals surface area contributed by atoms with Crippen molar-refractivity contribution in [3.05, 3.63) is 175 Å². The van der Waals surface area contributed by atoms with Crippen molar-refractivity contribution in [1.29, 1.82) is 0 Å². The predicted molar refractivity (Wildman–Crippen MR) is 195 cm³/mol. The van der Waals surface area contributed by atoms with Crippen LogP contribution in [0.3, 0.4) is 0 Å². The highest BCUT2D eigenvalue weighted by Crippen LogP contribution is 2.39. The smallest absolute Gasteiger partial charge is 0.231 e. The van der Waals surface area contributed by atoms with Crippen molar-refractivity contribution in [1.82, 2.24) is 9.97 Å². The Kier molecular flexibility index (Phi) is 7.60. The van der Waals surface area contributed by atoms with E-state index < -0.39 is 0 Å². The number of hydrogen-bond acceptors (Lipinski definition) is 4. The number of phenolic OH excluding ortho intramolecular Hbond substituents is 1. The lowest BCUT2D eigenvalue weighted by Gasteiger charge is -2.15. The van der Waals surface area contributed by atoms with Crippen LogP contribution in [0.2, 0.25) is 0 Å². The van der Waals surface area contributed by atoms with E-state index in [1.807, 2.05) is 42.6 Å². The van der Waals surface area contributed by atoms with Crippen molar-refractivity contribution in [3.63, 3.8) is 0 Å². The molecule has 1 atom stereocenters. The highest BCUT2D eigenvalue weighted by atomic mass is 16.3. The van der Waals surface area contributed by atoms with Gasteiger partial charge in [-0.05, 0) is 87.5 Å². The van der Waals surface area contributed by atoms with Gasteiger partial charge < -0.3 is 9.52 Å². The van der Waals surface area contributed by atoms with Gasteiger partial charge in [-0.2, -0.15) is 0 Å². The summed E-state index contributed by atoms with van der Waals surface area (Å²) in [5, 5.41) is 10.5. The molecule has 0 amide bonds. The van der Waals surface area contributed by atoms with Gasteiger partial charge in [0.2, 0.25) is 5.89 Å². The van der Waals surface area contributed by atoms with E-state index in [1.165, 1.54) is 11.1 Å². The van der Waals surface area contributed by atoms with Gasteiger partial charge in [-0.25, -0.2) is 4.98 Å². The largest absolute Gasteiger partial charge is 0.507 e. The van der Waals surface area contributed by atoms with Crippen LogP contribution in [0, 0.1) is 0 Å². The topological polar surface area (TPSA) is 59.2 Å². The molecule has 4 heteroatoms. The first kappa shape index (κ1) is 29.2. The molecule has 0 bridgehead atoms. The number of hydrogen-bond donors (Lipinski definition) is 1. The van der Waals surface area contributed by atoms with Crippen LogP contribution in [0.15, 0.2) is 168 Å². The Morgan fingerprint density at radius 2 is 1.17 bits per heavy atom. The monoisotopic (exact) mass is 620 g/mol. The molecule has 0 saturated heterocycles. The van der Waals surface area contributed by atoms with Gasteiger partial charge in [-0.15, -0.1) is 0 Å². The fraction of sp³-hybridized carbons (Fsp3) is 0.0455. The molecule has 0 aliphatic rings. The zero-order chi connectivity index (χ0) is 32.5. The maximum Gasteiger partial charge on any atom is 0.231 e. The molecule has 0 radical (unpaired) electrons. The fourth-order valence-electron chi connectivity index (χ4n) is 6.35. The number of oxazole rings is 1. The van der Waals surface area contributed by atoms with Gasteiger partial charge in [-0.1, -0.05) is 116 Å². The second-order valence-corrected chi connectivity index (χ2v) is 12.0. The Morgan fingerprint density at radius 1 is 0.521 bits per heavy atom. The number of rotatable bonds is 7. The first-order valence-electron chi connectivity index (χ1n) is 16.1. The van der Waals surface area contributed by atoms with Crippen LogP contribution in [0.5, 0.6) is 5.75 Å². The van der Waals surface area contributed by atoms with Crippen molar-refractivity contribution in [2.24, 2.45) is 0 Å². The number of para-hydroxylation sites is 2. The molecule has 2 heterocycles. The van der Waals surface area contributed by atoms with Crippen LogP contribution in [0.25, 0.3) is 67.2 Å². The minimum Gasteiger partial charge on any atom is -0.507 e. The maximum atomic E-state index is 10.5. The van der Waals surface area contributed by atoms with Gasteiger partial charge in [0.1, 0.15) is 11.3 Å². The predicted octanol–water partition coefficient (Wildman–Crippen LogP) is 11.4. The SMILES string of the molecule is CC(c1ccccc1)c1ccc(-c2cc(-c3cc(-c4ccccc4)ccn3)cc(-c3cccc4oc(-c5ccccc5O)nc34)c2)cc1. The lowest BCUT2D eigenvalue weighted by Crippen LogP contribution is -1.95. The van der Waals surface area contributed by atoms with Crippen LogP contribution in [-0.2, 0) is 0 Å². The van der Waals surface area contributed by atoms with Crippen LogP contribution in [-0.4, -0.2) is 15.1 Å². The second kappa shape index (κ2) is 12.5. The van der Waals surface area contributed by atoms with Crippen LogP contribution < -0.4 is 0 Å². The molecule has 4 nitrogen and oxygen atoms in total. The number of aromatic nitrogens is 2. The first-order valence-corrected chi connectivity index (χ1v) is 16.1. The molecule has 1 N–H and O–H groups in total. The summed E-state index contributed by atoms with van der Waals surface area (Å²) >= 11 is 0. The minimum absolute atomic E-state index is 0.129. The standard InChI is InChI=1S/C44H32N2O2/c1-29(30-11-4-2-5-12-30)31-19-21-33(22-20-31)35-25-36(27-37(26-35)40-28-34(23-24-45-40)32-13-6-3-7-14-32)38-16-10-18-42-43(38)46-44(48-42)39-15-8-9-17-41(39)47/h2-29,47H,1H3. The molecule has 8 aromatic rings. The van der Waals surface area contributed by atoms with Gasteiger partial charge >= 0.3 is 0 Å². The van der Waals surface area contributed by atoms with Gasteiger partial charge in [-0.3, -0.25) is 4.98 Å². The van der Waals surface area contributed by atoms with E-state index in [4.69, 9.17) is 14.4 Å². The molecule has 8 rings (SSSR count). The highest BCUT2D eigenvalue weighted by Gasteiger charge is 2.17. The summed E-state index contributed by atoms with van der Waals surface area (Å²) < 4.78 is 6.18. The molecule has 0 spiro atoms. The number of fused-ring (bicyclic) bond motifs is 1. The number of phenols is 1. The van der Waals surface area contributed by atoms with E-state index in [0.29, 0.717) is 17.0 Å². The zero-order valence-corrected chi connectivity index (χ0v) is 26.4. The second-order valence-electron chi connectivity index (χ2n) is 12.0. The van der Waals surface area contributed by atoms with Crippen molar-refractivity contribution in [2.75, 3.05) is 0 Å². The summed E-state index contributed by atoms with van der Waals surface area (Å²) in [4.78, 5) is 9.73. The molecule has 0 aliphatic carbocycles. The Labute approximate surface area is 279 Å². The average Bonchev–Trinajstić information content (AvgIpc) is 3.60. The molecule has 6 aromatic carbocycles. The lowest BCUT2D eigenvalue weighted by molar-refractivity contribution is 0.474. The third-order valence-electron chi connectivity index (χ3n) is 9.00. The number of aromatic hydroxyl groups is 1. The Bertz CT molecular complexity index is 2360. The molecule has 0 saturated carbocycles. The average molecular weight is 621 g/mol. The number of pyridine rings is 1. The third kappa shape index (κ3) is 5.65. The van der Waals surface area contributed by atoms with E-state index in [1.54, 1.807) is 12.1 Å². The summed E-state index contributed by atoms with van der Waals surface area (Å²) in [6, 6.07) is 53.7. The first-order chi connectivity index (χ1) is 23.6. The van der Waals surface area contributed by atoms with E-state index >= 15 is 0 Å². The summed E-state index contributed by atoms with van der Waals surface area (Å²) in [6.07, 6.45) is 1.88. The minimum atomic E-state index is 0.129. The summed E-state index contributed by atoms with van der Waals surface area (Å²) in [6.45, 7) is 2.25. The molecule has 1 unspecified atom stereocenters. The van der Waals surface area contributed by atoms with Crippen molar-refractivity contribution >= 4 is 11.1 Å². The van der Waals surface area contributed by atoms with E-state index in [2.05, 4.69) is 116 Å². The Balaban J connectivity index is 1.26. The van der Waals surface area contributed by atoms with Crippen molar-refractivity contribution in [3.8, 4) is 61.8 Å². The van der Waals surface area contributed by atoms with E-state index in [0.717, 1.165) is 50.2 Å². The van der Waals surface area contributed by atoms with Crippen molar-refractivity contribution < 1.29 is 9.52 Å². The molecule has 2 aromatic heterocycles. The molecular weight excluding hydrogens is 588 g/mol. The number of nitrogens with zero attached hydrogens (tertiary/aromatic N) is 2. The van der Waals surface area contributed by atoms with Crippen LogP contribution >= 0.6 is 0 Å². The van der Waals surface area contributed by atoms with Gasteiger partial charge in [0.15, 0.2) is 5.58 Å². The molecule has 0 aliphatic heterocycles. The van der Waals surface area contributed by atoms with Crippen LogP contribution in [0.1, 0.15) is 24.0 Å². The maximum absolute atomic E-state index is 10.5. The summed E-state index contributed by atoms with van der Waals surface area (Å²) in [5.41, 5.74) is 12.8. The Morgan fingerprint density at radius 3 is 1.96 bits per heavy atom. The van der Waals surface area contributed by atoms with E-state index in [9.17, 15) is 5.11 Å². The highest BCUT2D eigenvalue weighted by molar-refractivity contribution is 5.94. The molecule has 230 valence electrons. The zero-order valence-electron chi connectivity index (χ0n) is 26.4. The molecular formula is C44H32N2O2. The Hall–Kier alpha value is -6.26. The van der Waals surface area contributed by atoms with Gasteiger partial charge in [0, 0.05) is 23.2 Å². The van der Waals surface area contributed by atoms with Crippen LogP contribution in [0.4, 0.5) is 0 Å². The molecule has 0 fully saturated rings. The van der Waals surface area contributed by atoms with Gasteiger partial charge in [0.05, 0.1) is 11.3 Å².